The van der Waals surface area contributed by atoms with Crippen LogP contribution in [0.4, 0.5) is 13.6 Å². The molecule has 0 bridgehead atoms. The average Bonchev–Trinajstić information content (AvgIpc) is 2.85. The number of unbranched alkanes of at least 4 members (excludes halogenated alkanes) is 1. The van der Waals surface area contributed by atoms with E-state index in [0.29, 0.717) is 19.4 Å². The molecule has 21 heavy (non-hydrogen) atoms. The molecule has 2 aliphatic heterocycles. The smallest absolute Gasteiger partial charge is 0.410 e. The minimum Gasteiger partial charge on any atom is -0.447 e. The topological polar surface area (TPSA) is 49.9 Å². The molecule has 2 aliphatic rings. The predicted molar refractivity (Wildman–Crippen MR) is 72.1 cm³/mol. The molecular weight excluding hydrogens is 282 g/mol. The summed E-state index contributed by atoms with van der Waals surface area (Å²) < 4.78 is 29.9. The van der Waals surface area contributed by atoms with Crippen LogP contribution in [0.2, 0.25) is 0 Å². The summed E-state index contributed by atoms with van der Waals surface area (Å²) in [5.74, 6) is -1.11. The van der Waals surface area contributed by atoms with Gasteiger partial charge in [-0.1, -0.05) is 19.8 Å². The number of carbonyl (C=O) groups is 2. The van der Waals surface area contributed by atoms with Crippen LogP contribution in [0, 0.1) is 0 Å². The number of amides is 2. The first-order valence-corrected chi connectivity index (χ1v) is 7.56. The van der Waals surface area contributed by atoms with E-state index in [1.165, 1.54) is 4.90 Å². The number of halogens is 2. The van der Waals surface area contributed by atoms with Crippen molar-refractivity contribution in [3.63, 3.8) is 0 Å². The highest BCUT2D eigenvalue weighted by atomic mass is 19.3. The van der Waals surface area contributed by atoms with E-state index < -0.39 is 12.3 Å². The summed E-state index contributed by atoms with van der Waals surface area (Å²) in [5.41, 5.74) is 0. The molecule has 5 nitrogen and oxygen atoms in total. The third-order valence-electron chi connectivity index (χ3n) is 4.25. The third kappa shape index (κ3) is 3.63. The normalized spacial score (nSPS) is 23.8. The molecule has 1 atom stereocenters. The summed E-state index contributed by atoms with van der Waals surface area (Å²) in [5, 5.41) is 0. The van der Waals surface area contributed by atoms with Crippen LogP contribution in [0.3, 0.4) is 0 Å². The highest BCUT2D eigenvalue weighted by molar-refractivity contribution is 5.79. The van der Waals surface area contributed by atoms with Gasteiger partial charge in [-0.05, 0) is 19.3 Å². The molecule has 0 aliphatic carbocycles. The van der Waals surface area contributed by atoms with Crippen LogP contribution in [-0.2, 0) is 9.53 Å². The number of cyclic esters (lactones) is 1. The van der Waals surface area contributed by atoms with Crippen molar-refractivity contribution < 1.29 is 23.1 Å². The first kappa shape index (κ1) is 16.0. The fourth-order valence-electron chi connectivity index (χ4n) is 3.08. The van der Waals surface area contributed by atoms with Crippen LogP contribution in [0.5, 0.6) is 0 Å². The Morgan fingerprint density at radius 1 is 1.38 bits per heavy atom. The van der Waals surface area contributed by atoms with Crippen LogP contribution in [0.25, 0.3) is 0 Å². The molecule has 2 rings (SSSR count). The molecule has 0 aromatic rings. The van der Waals surface area contributed by atoms with Crippen molar-refractivity contribution in [2.75, 3.05) is 19.7 Å². The van der Waals surface area contributed by atoms with Crippen LogP contribution >= 0.6 is 0 Å². The molecule has 7 heteroatoms. The number of alkyl halides is 2. The molecule has 2 fully saturated rings. The second-order valence-electron chi connectivity index (χ2n) is 5.64. The molecule has 0 saturated carbocycles. The zero-order valence-corrected chi connectivity index (χ0v) is 12.3. The molecule has 0 radical (unpaired) electrons. The van der Waals surface area contributed by atoms with E-state index in [9.17, 15) is 18.4 Å². The molecule has 0 aromatic heterocycles. The van der Waals surface area contributed by atoms with Crippen molar-refractivity contribution in [3.05, 3.63) is 0 Å². The van der Waals surface area contributed by atoms with E-state index >= 15 is 0 Å². The number of rotatable bonds is 5. The van der Waals surface area contributed by atoms with Gasteiger partial charge in [-0.2, -0.15) is 8.78 Å². The van der Waals surface area contributed by atoms with Gasteiger partial charge >= 0.3 is 12.5 Å². The Morgan fingerprint density at radius 3 is 2.62 bits per heavy atom. The maximum atomic E-state index is 12.4. The largest absolute Gasteiger partial charge is 0.447 e. The molecule has 0 spiro atoms. The number of likely N-dealkylation sites (tertiary alicyclic amines) is 1. The number of piperidine rings is 1. The van der Waals surface area contributed by atoms with Gasteiger partial charge in [0.25, 0.3) is 5.91 Å². The van der Waals surface area contributed by atoms with Gasteiger partial charge in [0.15, 0.2) is 0 Å². The summed E-state index contributed by atoms with van der Waals surface area (Å²) >= 11 is 0. The minimum absolute atomic E-state index is 0.0106. The first-order valence-electron chi connectivity index (χ1n) is 7.56. The maximum absolute atomic E-state index is 12.4. The predicted octanol–water partition coefficient (Wildman–Crippen LogP) is 2.25. The molecular formula is C14H22F2N2O3. The van der Waals surface area contributed by atoms with Gasteiger partial charge in [-0.25, -0.2) is 4.79 Å². The van der Waals surface area contributed by atoms with E-state index in [-0.39, 0.29) is 31.3 Å². The Morgan fingerprint density at radius 2 is 2.05 bits per heavy atom. The quantitative estimate of drug-likeness (QED) is 0.783. The van der Waals surface area contributed by atoms with Crippen molar-refractivity contribution in [3.8, 4) is 0 Å². The Labute approximate surface area is 123 Å². The summed E-state index contributed by atoms with van der Waals surface area (Å²) in [4.78, 5) is 26.1. The van der Waals surface area contributed by atoms with E-state index in [1.807, 2.05) is 0 Å². The number of nitrogens with zero attached hydrogens (tertiary/aromatic N) is 2. The van der Waals surface area contributed by atoms with Crippen LogP contribution < -0.4 is 0 Å². The molecule has 0 aromatic carbocycles. The van der Waals surface area contributed by atoms with E-state index in [1.54, 1.807) is 4.90 Å². The molecule has 2 heterocycles. The molecule has 2 amide bonds. The number of hydrogen-bond acceptors (Lipinski definition) is 3. The number of ether oxygens (including phenoxy) is 1. The lowest BCUT2D eigenvalue weighted by atomic mass is 10.00. The van der Waals surface area contributed by atoms with Crippen LogP contribution in [-0.4, -0.2) is 60.0 Å². The van der Waals surface area contributed by atoms with Gasteiger partial charge in [0, 0.05) is 19.1 Å². The van der Waals surface area contributed by atoms with Crippen LogP contribution in [0.1, 0.15) is 39.0 Å². The first-order chi connectivity index (χ1) is 10.0. The summed E-state index contributed by atoms with van der Waals surface area (Å²) in [6.45, 7) is 3.06. The van der Waals surface area contributed by atoms with E-state index in [0.717, 1.165) is 19.3 Å². The minimum atomic E-state index is -2.95. The summed E-state index contributed by atoms with van der Waals surface area (Å²) in [6, 6.07) is 0.0726. The van der Waals surface area contributed by atoms with Gasteiger partial charge < -0.3 is 9.64 Å². The third-order valence-corrected chi connectivity index (χ3v) is 4.25. The fraction of sp³-hybridized carbons (Fsp3) is 0.857. The Bertz CT molecular complexity index is 384. The summed E-state index contributed by atoms with van der Waals surface area (Å²) in [7, 11) is 0. The lowest BCUT2D eigenvalue weighted by molar-refractivity contribution is -0.144. The molecule has 120 valence electrons. The zero-order valence-electron chi connectivity index (χ0n) is 12.3. The van der Waals surface area contributed by atoms with Gasteiger partial charge in [0.2, 0.25) is 0 Å². The molecule has 0 N–H and O–H groups in total. The monoisotopic (exact) mass is 304 g/mol. The highest BCUT2D eigenvalue weighted by Crippen LogP contribution is 2.26. The SMILES string of the molecule is CCCCC1COC(=O)N1C1CCN(C(=O)C(F)F)CC1. The van der Waals surface area contributed by atoms with Gasteiger partial charge in [0.1, 0.15) is 6.61 Å². The second kappa shape index (κ2) is 7.04. The van der Waals surface area contributed by atoms with E-state index in [4.69, 9.17) is 4.74 Å². The van der Waals surface area contributed by atoms with Crippen molar-refractivity contribution >= 4 is 12.0 Å². The standard InChI is InChI=1S/C14H22F2N2O3/c1-2-3-4-11-9-21-14(20)18(11)10-5-7-17(8-6-10)13(19)12(15)16/h10-12H,2-9H2,1H3. The lowest BCUT2D eigenvalue weighted by Crippen LogP contribution is -2.50. The highest BCUT2D eigenvalue weighted by Gasteiger charge is 2.39. The average molecular weight is 304 g/mol. The number of carbonyl (C=O) groups excluding carboxylic acids is 2. The van der Waals surface area contributed by atoms with Gasteiger partial charge in [-0.15, -0.1) is 0 Å². The van der Waals surface area contributed by atoms with Gasteiger partial charge in [-0.3, -0.25) is 9.69 Å². The fourth-order valence-corrected chi connectivity index (χ4v) is 3.08. The van der Waals surface area contributed by atoms with Crippen molar-refractivity contribution in [2.24, 2.45) is 0 Å². The Balaban J connectivity index is 1.90. The molecule has 1 unspecified atom stereocenters. The van der Waals surface area contributed by atoms with E-state index in [2.05, 4.69) is 6.92 Å². The summed E-state index contributed by atoms with van der Waals surface area (Å²) in [6.07, 6.45) is 0.802. The van der Waals surface area contributed by atoms with Crippen molar-refractivity contribution in [1.29, 1.82) is 0 Å². The zero-order chi connectivity index (χ0) is 15.4. The van der Waals surface area contributed by atoms with Crippen LogP contribution in [0.15, 0.2) is 0 Å². The Hall–Kier alpha value is -1.40. The van der Waals surface area contributed by atoms with Crippen molar-refractivity contribution in [2.45, 2.75) is 57.5 Å². The van der Waals surface area contributed by atoms with Crippen molar-refractivity contribution in [1.82, 2.24) is 9.80 Å². The lowest BCUT2D eigenvalue weighted by Gasteiger charge is -2.37. The Kier molecular flexibility index (Phi) is 5.36. The van der Waals surface area contributed by atoms with Gasteiger partial charge in [0.05, 0.1) is 6.04 Å². The second-order valence-corrected chi connectivity index (χ2v) is 5.64. The maximum Gasteiger partial charge on any atom is 0.410 e. The number of hydrogen-bond donors (Lipinski definition) is 0. The molecule has 2 saturated heterocycles.